The highest BCUT2D eigenvalue weighted by atomic mass is 16.5. The van der Waals surface area contributed by atoms with Gasteiger partial charge in [-0.2, -0.15) is 5.26 Å². The molecule has 0 aromatic heterocycles. The van der Waals surface area contributed by atoms with E-state index in [9.17, 15) is 0 Å². The number of aliphatic hydroxyl groups excluding tert-OH is 1. The fourth-order valence-corrected chi connectivity index (χ4v) is 1.75. The summed E-state index contributed by atoms with van der Waals surface area (Å²) in [6.45, 7) is 0.522. The van der Waals surface area contributed by atoms with E-state index in [1.165, 1.54) is 12.8 Å². The van der Waals surface area contributed by atoms with Gasteiger partial charge in [-0.25, -0.2) is 0 Å². The van der Waals surface area contributed by atoms with Crippen LogP contribution in [0.1, 0.15) is 24.8 Å². The number of hydrogen-bond acceptors (Lipinski definition) is 4. The quantitative estimate of drug-likeness (QED) is 0.767. The van der Waals surface area contributed by atoms with Crippen molar-refractivity contribution < 1.29 is 9.84 Å². The van der Waals surface area contributed by atoms with E-state index in [0.29, 0.717) is 19.1 Å². The molecule has 0 aliphatic heterocycles. The maximum absolute atomic E-state index is 9.01. The van der Waals surface area contributed by atoms with E-state index in [1.54, 1.807) is 0 Å². The summed E-state index contributed by atoms with van der Waals surface area (Å²) >= 11 is 0. The number of ether oxygens (including phenoxy) is 1. The zero-order valence-electron chi connectivity index (χ0n) is 10.3. The lowest BCUT2D eigenvalue weighted by atomic mass is 10.2. The standard InChI is InChI=1S/C14H18N2O2/c15-9-13(16-12-4-5-12)6-7-18-14-3-1-2-11(8-14)10-17/h1-3,8,12-13,16-17H,4-7,10H2. The minimum absolute atomic E-state index is 0.0151. The fourth-order valence-electron chi connectivity index (χ4n) is 1.75. The van der Waals surface area contributed by atoms with Crippen molar-refractivity contribution in [1.82, 2.24) is 5.32 Å². The number of benzene rings is 1. The molecular weight excluding hydrogens is 228 g/mol. The predicted octanol–water partition coefficient (Wildman–Crippen LogP) is 1.59. The molecular formula is C14H18N2O2. The predicted molar refractivity (Wildman–Crippen MR) is 68.0 cm³/mol. The van der Waals surface area contributed by atoms with E-state index >= 15 is 0 Å². The molecule has 0 heterocycles. The van der Waals surface area contributed by atoms with Crippen molar-refractivity contribution in [3.8, 4) is 11.8 Å². The van der Waals surface area contributed by atoms with Crippen LogP contribution in [0.15, 0.2) is 24.3 Å². The Morgan fingerprint density at radius 2 is 2.33 bits per heavy atom. The van der Waals surface area contributed by atoms with E-state index < -0.39 is 0 Å². The van der Waals surface area contributed by atoms with Crippen LogP contribution < -0.4 is 10.1 Å². The zero-order chi connectivity index (χ0) is 12.8. The van der Waals surface area contributed by atoms with Crippen LogP contribution in [0.5, 0.6) is 5.75 Å². The van der Waals surface area contributed by atoms with Crippen LogP contribution in [0.25, 0.3) is 0 Å². The number of nitrogens with one attached hydrogen (secondary N) is 1. The van der Waals surface area contributed by atoms with Crippen LogP contribution >= 0.6 is 0 Å². The molecule has 1 aliphatic rings. The smallest absolute Gasteiger partial charge is 0.119 e. The Bertz CT molecular complexity index is 424. The van der Waals surface area contributed by atoms with Crippen molar-refractivity contribution in [1.29, 1.82) is 5.26 Å². The summed E-state index contributed by atoms with van der Waals surface area (Å²) in [4.78, 5) is 0. The van der Waals surface area contributed by atoms with E-state index in [1.807, 2.05) is 24.3 Å². The van der Waals surface area contributed by atoms with Gasteiger partial charge in [-0.3, -0.25) is 5.32 Å². The SMILES string of the molecule is N#CC(CCOc1cccc(CO)c1)NC1CC1. The maximum Gasteiger partial charge on any atom is 0.119 e. The molecule has 2 rings (SSSR count). The van der Waals surface area contributed by atoms with E-state index in [2.05, 4.69) is 11.4 Å². The normalized spacial score (nSPS) is 16.0. The lowest BCUT2D eigenvalue weighted by molar-refractivity contribution is 0.277. The molecule has 0 saturated heterocycles. The Balaban J connectivity index is 1.74. The molecule has 1 fully saturated rings. The van der Waals surface area contributed by atoms with Gasteiger partial charge in [0, 0.05) is 12.5 Å². The molecule has 1 saturated carbocycles. The van der Waals surface area contributed by atoms with Gasteiger partial charge in [0.05, 0.1) is 25.3 Å². The first kappa shape index (κ1) is 12.9. The Hall–Kier alpha value is -1.57. The van der Waals surface area contributed by atoms with Gasteiger partial charge in [-0.1, -0.05) is 12.1 Å². The van der Waals surface area contributed by atoms with Crippen molar-refractivity contribution in [3.63, 3.8) is 0 Å². The summed E-state index contributed by atoms with van der Waals surface area (Å²) in [5.74, 6) is 0.740. The minimum Gasteiger partial charge on any atom is -0.493 e. The van der Waals surface area contributed by atoms with Gasteiger partial charge in [0.25, 0.3) is 0 Å². The lowest BCUT2D eigenvalue weighted by Gasteiger charge is -2.12. The Labute approximate surface area is 107 Å². The molecule has 1 unspecified atom stereocenters. The molecule has 4 heteroatoms. The molecule has 96 valence electrons. The zero-order valence-corrected chi connectivity index (χ0v) is 10.3. The van der Waals surface area contributed by atoms with Gasteiger partial charge in [-0.05, 0) is 30.5 Å². The average Bonchev–Trinajstić information content (AvgIpc) is 3.22. The fraction of sp³-hybridized carbons (Fsp3) is 0.500. The Morgan fingerprint density at radius 1 is 1.50 bits per heavy atom. The van der Waals surface area contributed by atoms with Crippen LogP contribution in [0.3, 0.4) is 0 Å². The number of nitriles is 1. The lowest BCUT2D eigenvalue weighted by Crippen LogP contribution is -2.31. The summed E-state index contributed by atoms with van der Waals surface area (Å²) < 4.78 is 5.58. The second-order valence-corrected chi connectivity index (χ2v) is 4.57. The first-order valence-electron chi connectivity index (χ1n) is 6.30. The van der Waals surface area contributed by atoms with E-state index in [0.717, 1.165) is 11.3 Å². The second kappa shape index (κ2) is 6.39. The Morgan fingerprint density at radius 3 is 3.00 bits per heavy atom. The molecule has 1 aromatic rings. The third kappa shape index (κ3) is 4.02. The first-order valence-corrected chi connectivity index (χ1v) is 6.30. The van der Waals surface area contributed by atoms with Gasteiger partial charge in [0.15, 0.2) is 0 Å². The number of hydrogen-bond donors (Lipinski definition) is 2. The van der Waals surface area contributed by atoms with Crippen molar-refractivity contribution in [2.45, 2.75) is 38.0 Å². The van der Waals surface area contributed by atoms with Gasteiger partial charge in [0.2, 0.25) is 0 Å². The molecule has 0 spiro atoms. The van der Waals surface area contributed by atoms with Crippen LogP contribution in [-0.4, -0.2) is 23.8 Å². The largest absolute Gasteiger partial charge is 0.493 e. The van der Waals surface area contributed by atoms with E-state index in [4.69, 9.17) is 15.1 Å². The average molecular weight is 246 g/mol. The Kier molecular flexibility index (Phi) is 4.57. The summed E-state index contributed by atoms with van der Waals surface area (Å²) in [7, 11) is 0. The van der Waals surface area contributed by atoms with Gasteiger partial charge >= 0.3 is 0 Å². The number of aliphatic hydroxyl groups is 1. The highest BCUT2D eigenvalue weighted by Gasteiger charge is 2.24. The van der Waals surface area contributed by atoms with Crippen molar-refractivity contribution in [2.24, 2.45) is 0 Å². The number of nitrogens with zero attached hydrogens (tertiary/aromatic N) is 1. The molecule has 2 N–H and O–H groups in total. The van der Waals surface area contributed by atoms with E-state index in [-0.39, 0.29) is 12.6 Å². The maximum atomic E-state index is 9.01. The van der Waals surface area contributed by atoms with Gasteiger partial charge in [-0.15, -0.1) is 0 Å². The number of rotatable bonds is 7. The minimum atomic E-state index is -0.126. The van der Waals surface area contributed by atoms with Crippen molar-refractivity contribution in [3.05, 3.63) is 29.8 Å². The molecule has 0 bridgehead atoms. The van der Waals surface area contributed by atoms with Crippen LogP contribution in [-0.2, 0) is 6.61 Å². The van der Waals surface area contributed by atoms with Gasteiger partial charge < -0.3 is 9.84 Å². The van der Waals surface area contributed by atoms with Crippen molar-refractivity contribution in [2.75, 3.05) is 6.61 Å². The molecule has 1 atom stereocenters. The third-order valence-electron chi connectivity index (χ3n) is 2.93. The first-order chi connectivity index (χ1) is 8.81. The van der Waals surface area contributed by atoms with Crippen LogP contribution in [0.2, 0.25) is 0 Å². The van der Waals surface area contributed by atoms with Crippen LogP contribution in [0.4, 0.5) is 0 Å². The topological polar surface area (TPSA) is 65.3 Å². The summed E-state index contributed by atoms with van der Waals surface area (Å²) in [6, 6.07) is 10.0. The highest BCUT2D eigenvalue weighted by molar-refractivity contribution is 5.27. The van der Waals surface area contributed by atoms with Gasteiger partial charge in [0.1, 0.15) is 5.75 Å². The summed E-state index contributed by atoms with van der Waals surface area (Å²) in [6.07, 6.45) is 3.03. The molecule has 0 radical (unpaired) electrons. The summed E-state index contributed by atoms with van der Waals surface area (Å²) in [5.41, 5.74) is 0.834. The monoisotopic (exact) mass is 246 g/mol. The molecule has 1 aromatic carbocycles. The second-order valence-electron chi connectivity index (χ2n) is 4.57. The molecule has 0 amide bonds. The summed E-state index contributed by atoms with van der Waals surface area (Å²) in [5, 5.41) is 21.3. The van der Waals surface area contributed by atoms with Crippen molar-refractivity contribution >= 4 is 0 Å². The molecule has 1 aliphatic carbocycles. The molecule has 4 nitrogen and oxygen atoms in total. The molecule has 18 heavy (non-hydrogen) atoms. The third-order valence-corrected chi connectivity index (χ3v) is 2.93. The van der Waals surface area contributed by atoms with Crippen LogP contribution in [0, 0.1) is 11.3 Å². The highest BCUT2D eigenvalue weighted by Crippen LogP contribution is 2.20.